The van der Waals surface area contributed by atoms with Crippen LogP contribution in [0.5, 0.6) is 0 Å². The van der Waals surface area contributed by atoms with E-state index in [9.17, 15) is 0 Å². The van der Waals surface area contributed by atoms with Crippen molar-refractivity contribution in [1.82, 2.24) is 10.7 Å². The number of aliphatic imine (C=N–C) groups is 1. The molecule has 4 N–H and O–H groups in total. The van der Waals surface area contributed by atoms with Crippen LogP contribution in [0.25, 0.3) is 0 Å². The number of ether oxygens (including phenoxy) is 1. The zero-order valence-corrected chi connectivity index (χ0v) is 12.1. The molecule has 0 amide bonds. The van der Waals surface area contributed by atoms with Gasteiger partial charge in [0.15, 0.2) is 0 Å². The van der Waals surface area contributed by atoms with Crippen LogP contribution in [0.15, 0.2) is 4.99 Å². The fourth-order valence-corrected chi connectivity index (χ4v) is 4.07. The molecule has 0 bridgehead atoms. The summed E-state index contributed by atoms with van der Waals surface area (Å²) >= 11 is 4.00. The molecular weight excluding hydrogens is 256 g/mol. The summed E-state index contributed by atoms with van der Waals surface area (Å²) in [6.45, 7) is 3.47. The summed E-state index contributed by atoms with van der Waals surface area (Å²) in [5, 5.41) is 3.79. The first-order chi connectivity index (χ1) is 8.26. The van der Waals surface area contributed by atoms with Gasteiger partial charge in [-0.05, 0) is 6.92 Å². The molecule has 0 aromatic heterocycles. The first-order valence-electron chi connectivity index (χ1n) is 5.72. The summed E-state index contributed by atoms with van der Waals surface area (Å²) in [6, 6.07) is 0.197. The van der Waals surface area contributed by atoms with Crippen LogP contribution < -0.4 is 16.6 Å². The quantitative estimate of drug-likeness (QED) is 0.290. The van der Waals surface area contributed by atoms with E-state index in [0.29, 0.717) is 17.8 Å². The Kier molecular flexibility index (Phi) is 7.83. The summed E-state index contributed by atoms with van der Waals surface area (Å²) in [5.41, 5.74) is 2.60. The molecule has 2 unspecified atom stereocenters. The van der Waals surface area contributed by atoms with Gasteiger partial charge in [0.2, 0.25) is 5.96 Å². The molecule has 1 rings (SSSR count). The molecule has 0 radical (unpaired) electrons. The Morgan fingerprint density at radius 2 is 2.41 bits per heavy atom. The van der Waals surface area contributed by atoms with E-state index in [-0.39, 0.29) is 6.04 Å². The molecule has 1 aliphatic rings. The average molecular weight is 278 g/mol. The van der Waals surface area contributed by atoms with E-state index >= 15 is 0 Å². The second kappa shape index (κ2) is 8.91. The lowest BCUT2D eigenvalue weighted by Crippen LogP contribution is -2.47. The standard InChI is InChI=1S/C10H22N4OS2/c1-8(6-15-2)13-10(14-11)12-5-9-7-16-3-4-17-9/h8-9H,3-7,11H2,1-2H3,(H2,12,13,14). The second-order valence-corrected chi connectivity index (χ2v) is 6.46. The summed E-state index contributed by atoms with van der Waals surface area (Å²) in [4.78, 5) is 4.47. The Balaban J connectivity index is 2.31. The van der Waals surface area contributed by atoms with Crippen molar-refractivity contribution in [2.75, 3.05) is 37.5 Å². The Morgan fingerprint density at radius 1 is 1.59 bits per heavy atom. The number of hydrogen-bond acceptors (Lipinski definition) is 5. The molecule has 0 aromatic rings. The molecule has 17 heavy (non-hydrogen) atoms. The number of nitrogens with one attached hydrogen (secondary N) is 2. The van der Waals surface area contributed by atoms with Crippen molar-refractivity contribution in [3.63, 3.8) is 0 Å². The van der Waals surface area contributed by atoms with Gasteiger partial charge >= 0.3 is 0 Å². The predicted molar refractivity (Wildman–Crippen MR) is 77.7 cm³/mol. The molecule has 0 aliphatic carbocycles. The highest BCUT2D eigenvalue weighted by molar-refractivity contribution is 8.06. The number of methoxy groups -OCH3 is 1. The van der Waals surface area contributed by atoms with Crippen molar-refractivity contribution in [2.24, 2.45) is 10.8 Å². The summed E-state index contributed by atoms with van der Waals surface area (Å²) in [5.74, 6) is 9.75. The van der Waals surface area contributed by atoms with Gasteiger partial charge in [-0.2, -0.15) is 23.5 Å². The van der Waals surface area contributed by atoms with Crippen molar-refractivity contribution < 1.29 is 4.74 Å². The molecule has 1 aliphatic heterocycles. The first kappa shape index (κ1) is 14.9. The van der Waals surface area contributed by atoms with Gasteiger partial charge < -0.3 is 10.1 Å². The number of nitrogens with two attached hydrogens (primary N) is 1. The van der Waals surface area contributed by atoms with Gasteiger partial charge in [-0.15, -0.1) is 0 Å². The zero-order chi connectivity index (χ0) is 12.5. The molecule has 7 heteroatoms. The Morgan fingerprint density at radius 3 is 3.00 bits per heavy atom. The molecule has 0 saturated carbocycles. The second-order valence-electron chi connectivity index (χ2n) is 3.90. The van der Waals surface area contributed by atoms with Crippen LogP contribution in [0.1, 0.15) is 6.92 Å². The van der Waals surface area contributed by atoms with Gasteiger partial charge in [0, 0.05) is 35.7 Å². The Labute approximate surface area is 112 Å². The van der Waals surface area contributed by atoms with E-state index in [4.69, 9.17) is 10.6 Å². The molecule has 100 valence electrons. The van der Waals surface area contributed by atoms with Crippen LogP contribution in [0, 0.1) is 0 Å². The number of rotatable bonds is 5. The Bertz CT molecular complexity index is 234. The monoisotopic (exact) mass is 278 g/mol. The minimum atomic E-state index is 0.197. The number of hydrazine groups is 1. The Hall–Kier alpha value is -0.110. The molecule has 1 fully saturated rings. The molecule has 0 spiro atoms. The van der Waals surface area contributed by atoms with Crippen LogP contribution in [-0.2, 0) is 4.74 Å². The van der Waals surface area contributed by atoms with E-state index in [1.165, 1.54) is 17.3 Å². The van der Waals surface area contributed by atoms with Crippen molar-refractivity contribution in [2.45, 2.75) is 18.2 Å². The molecule has 0 aromatic carbocycles. The number of hydrogen-bond donors (Lipinski definition) is 3. The van der Waals surface area contributed by atoms with Gasteiger partial charge in [0.1, 0.15) is 0 Å². The summed E-state index contributed by atoms with van der Waals surface area (Å²) < 4.78 is 5.05. The third-order valence-electron chi connectivity index (χ3n) is 2.27. The van der Waals surface area contributed by atoms with E-state index in [1.54, 1.807) is 7.11 Å². The van der Waals surface area contributed by atoms with Crippen LogP contribution in [0.4, 0.5) is 0 Å². The van der Waals surface area contributed by atoms with E-state index < -0.39 is 0 Å². The maximum absolute atomic E-state index is 5.44. The van der Waals surface area contributed by atoms with Gasteiger partial charge in [-0.1, -0.05) is 0 Å². The summed E-state index contributed by atoms with van der Waals surface area (Å²) in [7, 11) is 1.68. The third-order valence-corrected chi connectivity index (χ3v) is 5.10. The van der Waals surface area contributed by atoms with Gasteiger partial charge in [-0.3, -0.25) is 10.4 Å². The largest absolute Gasteiger partial charge is 0.383 e. The lowest BCUT2D eigenvalue weighted by atomic mass is 10.4. The highest BCUT2D eigenvalue weighted by Crippen LogP contribution is 2.23. The van der Waals surface area contributed by atoms with Crippen molar-refractivity contribution in [3.8, 4) is 0 Å². The minimum absolute atomic E-state index is 0.197. The minimum Gasteiger partial charge on any atom is -0.383 e. The topological polar surface area (TPSA) is 71.7 Å². The number of guanidine groups is 1. The highest BCUT2D eigenvalue weighted by Gasteiger charge is 2.14. The molecule has 5 nitrogen and oxygen atoms in total. The fourth-order valence-electron chi connectivity index (χ4n) is 1.49. The van der Waals surface area contributed by atoms with Crippen molar-refractivity contribution >= 4 is 29.5 Å². The van der Waals surface area contributed by atoms with Crippen molar-refractivity contribution in [1.29, 1.82) is 0 Å². The van der Waals surface area contributed by atoms with Crippen LogP contribution in [0.2, 0.25) is 0 Å². The maximum atomic E-state index is 5.44. The van der Waals surface area contributed by atoms with Gasteiger partial charge in [0.25, 0.3) is 0 Å². The molecular formula is C10H22N4OS2. The van der Waals surface area contributed by atoms with Gasteiger partial charge in [0.05, 0.1) is 13.2 Å². The molecule has 1 saturated heterocycles. The number of nitrogens with zero attached hydrogens (tertiary/aromatic N) is 1. The lowest BCUT2D eigenvalue weighted by molar-refractivity contribution is 0.179. The van der Waals surface area contributed by atoms with Crippen molar-refractivity contribution in [3.05, 3.63) is 0 Å². The maximum Gasteiger partial charge on any atom is 0.206 e. The smallest absolute Gasteiger partial charge is 0.206 e. The summed E-state index contributed by atoms with van der Waals surface area (Å²) in [6.07, 6.45) is 0. The van der Waals surface area contributed by atoms with Gasteiger partial charge in [-0.25, -0.2) is 5.84 Å². The first-order valence-corrected chi connectivity index (χ1v) is 7.92. The SMILES string of the molecule is COCC(C)NC(=NCC1CSCCS1)NN. The third kappa shape index (κ3) is 6.40. The average Bonchev–Trinajstić information content (AvgIpc) is 2.36. The van der Waals surface area contributed by atoms with Crippen LogP contribution >= 0.6 is 23.5 Å². The normalized spacial score (nSPS) is 23.2. The highest BCUT2D eigenvalue weighted by atomic mass is 32.2. The predicted octanol–water partition coefficient (Wildman–Crippen LogP) is 0.279. The zero-order valence-electron chi connectivity index (χ0n) is 10.4. The van der Waals surface area contributed by atoms with E-state index in [2.05, 4.69) is 15.7 Å². The van der Waals surface area contributed by atoms with Crippen LogP contribution in [-0.4, -0.2) is 54.8 Å². The van der Waals surface area contributed by atoms with Crippen LogP contribution in [0.3, 0.4) is 0 Å². The number of thioether (sulfide) groups is 2. The fraction of sp³-hybridized carbons (Fsp3) is 0.900. The lowest BCUT2D eigenvalue weighted by Gasteiger charge is -2.20. The molecule has 2 atom stereocenters. The molecule has 1 heterocycles. The van der Waals surface area contributed by atoms with E-state index in [0.717, 1.165) is 6.54 Å². The van der Waals surface area contributed by atoms with E-state index in [1.807, 2.05) is 30.4 Å².